The lowest BCUT2D eigenvalue weighted by Gasteiger charge is -2.06. The Morgan fingerprint density at radius 3 is 2.53 bits per heavy atom. The first-order valence-electron chi connectivity index (χ1n) is 5.89. The van der Waals surface area contributed by atoms with E-state index in [1.165, 1.54) is 6.07 Å². The van der Waals surface area contributed by atoms with Crippen LogP contribution in [0.3, 0.4) is 0 Å². The minimum absolute atomic E-state index is 0.0418. The van der Waals surface area contributed by atoms with Crippen LogP contribution in [0.5, 0.6) is 0 Å². The zero-order valence-electron chi connectivity index (χ0n) is 10.7. The van der Waals surface area contributed by atoms with Crippen molar-refractivity contribution in [3.05, 3.63) is 63.1 Å². The van der Waals surface area contributed by atoms with Crippen molar-refractivity contribution in [1.82, 2.24) is 4.98 Å². The molecule has 0 saturated carbocycles. The molecule has 19 heavy (non-hydrogen) atoms. The molecule has 2 aromatic rings. The minimum Gasteiger partial charge on any atom is -0.294 e. The van der Waals surface area contributed by atoms with E-state index in [-0.39, 0.29) is 18.0 Å². The fourth-order valence-electron chi connectivity index (χ4n) is 1.96. The molecule has 0 aliphatic heterocycles. The van der Waals surface area contributed by atoms with Crippen LogP contribution in [0.1, 0.15) is 27.3 Å². The number of pyridine rings is 1. The molecule has 0 bridgehead atoms. The Hall–Kier alpha value is -1.55. The first-order valence-corrected chi connectivity index (χ1v) is 6.68. The van der Waals surface area contributed by atoms with Gasteiger partial charge in [0, 0.05) is 23.4 Å². The van der Waals surface area contributed by atoms with E-state index in [1.807, 2.05) is 13.8 Å². The first-order chi connectivity index (χ1) is 8.97. The molecule has 0 spiro atoms. The van der Waals surface area contributed by atoms with Gasteiger partial charge in [0.1, 0.15) is 5.82 Å². The van der Waals surface area contributed by atoms with Crippen LogP contribution in [0.2, 0.25) is 0 Å². The number of Topliss-reactive ketones (excluding diaryl/α,β-unsaturated/α-hetero) is 1. The molecule has 0 saturated heterocycles. The molecular formula is C15H13BrFNO. The van der Waals surface area contributed by atoms with Gasteiger partial charge in [0.15, 0.2) is 5.78 Å². The zero-order valence-corrected chi connectivity index (χ0v) is 12.3. The van der Waals surface area contributed by atoms with Crippen LogP contribution in [0.4, 0.5) is 4.39 Å². The van der Waals surface area contributed by atoms with Crippen molar-refractivity contribution >= 4 is 21.7 Å². The predicted octanol–water partition coefficient (Wildman–Crippen LogP) is 4.03. The number of hydrogen-bond donors (Lipinski definition) is 0. The lowest BCUT2D eigenvalue weighted by atomic mass is 10.0. The zero-order chi connectivity index (χ0) is 14.0. The molecule has 1 aromatic heterocycles. The summed E-state index contributed by atoms with van der Waals surface area (Å²) in [5.74, 6) is -0.396. The van der Waals surface area contributed by atoms with E-state index in [0.717, 1.165) is 11.4 Å². The van der Waals surface area contributed by atoms with E-state index < -0.39 is 0 Å². The van der Waals surface area contributed by atoms with Gasteiger partial charge in [0.05, 0.1) is 4.47 Å². The average molecular weight is 322 g/mol. The Morgan fingerprint density at radius 1 is 1.26 bits per heavy atom. The number of rotatable bonds is 3. The summed E-state index contributed by atoms with van der Waals surface area (Å²) in [5.41, 5.74) is 2.88. The summed E-state index contributed by atoms with van der Waals surface area (Å²) < 4.78 is 13.7. The number of hydrogen-bond acceptors (Lipinski definition) is 2. The second-order valence-electron chi connectivity index (χ2n) is 4.45. The standard InChI is InChI=1S/C15H13BrFNO/c1-9-6-12(7-10(2)18-9)14(19)8-11-4-3-5-13(17)15(11)16/h3-7H,8H2,1-2H3. The number of carbonyl (C=O) groups is 1. The van der Waals surface area contributed by atoms with Gasteiger partial charge in [-0.2, -0.15) is 0 Å². The maximum atomic E-state index is 13.4. The summed E-state index contributed by atoms with van der Waals surface area (Å²) in [6.45, 7) is 3.70. The van der Waals surface area contributed by atoms with Crippen molar-refractivity contribution < 1.29 is 9.18 Å². The van der Waals surface area contributed by atoms with Crippen molar-refractivity contribution in [1.29, 1.82) is 0 Å². The summed E-state index contributed by atoms with van der Waals surface area (Å²) in [7, 11) is 0. The molecule has 0 atom stereocenters. The molecule has 98 valence electrons. The Balaban J connectivity index is 2.28. The highest BCUT2D eigenvalue weighted by Gasteiger charge is 2.12. The molecule has 0 N–H and O–H groups in total. The Kier molecular flexibility index (Phi) is 4.10. The third-order valence-electron chi connectivity index (χ3n) is 2.79. The Morgan fingerprint density at radius 2 is 1.89 bits per heavy atom. The van der Waals surface area contributed by atoms with Gasteiger partial charge in [-0.05, 0) is 53.5 Å². The van der Waals surface area contributed by atoms with Crippen LogP contribution in [-0.4, -0.2) is 10.8 Å². The third-order valence-corrected chi connectivity index (χ3v) is 3.67. The van der Waals surface area contributed by atoms with Crippen molar-refractivity contribution in [3.63, 3.8) is 0 Å². The lowest BCUT2D eigenvalue weighted by Crippen LogP contribution is -2.06. The molecule has 0 amide bonds. The quantitative estimate of drug-likeness (QED) is 0.799. The number of nitrogens with zero attached hydrogens (tertiary/aromatic N) is 1. The van der Waals surface area contributed by atoms with Crippen LogP contribution >= 0.6 is 15.9 Å². The van der Waals surface area contributed by atoms with Crippen molar-refractivity contribution in [2.75, 3.05) is 0 Å². The maximum Gasteiger partial charge on any atom is 0.167 e. The summed E-state index contributed by atoms with van der Waals surface area (Å²) in [6.07, 6.45) is 0.168. The van der Waals surface area contributed by atoms with Gasteiger partial charge in [-0.25, -0.2) is 4.39 Å². The van der Waals surface area contributed by atoms with Crippen molar-refractivity contribution in [2.45, 2.75) is 20.3 Å². The number of aryl methyl sites for hydroxylation is 2. The van der Waals surface area contributed by atoms with E-state index in [1.54, 1.807) is 24.3 Å². The molecular weight excluding hydrogens is 309 g/mol. The monoisotopic (exact) mass is 321 g/mol. The fraction of sp³-hybridized carbons (Fsp3) is 0.200. The lowest BCUT2D eigenvalue weighted by molar-refractivity contribution is 0.0992. The number of carbonyl (C=O) groups excluding carboxylic acids is 1. The number of ketones is 1. The van der Waals surface area contributed by atoms with E-state index >= 15 is 0 Å². The van der Waals surface area contributed by atoms with Gasteiger partial charge in [-0.3, -0.25) is 9.78 Å². The summed E-state index contributed by atoms with van der Waals surface area (Å²) >= 11 is 3.17. The smallest absolute Gasteiger partial charge is 0.167 e. The fourth-order valence-corrected chi connectivity index (χ4v) is 2.36. The van der Waals surface area contributed by atoms with Gasteiger partial charge in [-0.1, -0.05) is 12.1 Å². The molecule has 0 aliphatic rings. The molecule has 1 heterocycles. The molecule has 2 nitrogen and oxygen atoms in total. The average Bonchev–Trinajstić information content (AvgIpc) is 2.33. The van der Waals surface area contributed by atoms with Gasteiger partial charge in [0.25, 0.3) is 0 Å². The minimum atomic E-state index is -0.354. The second-order valence-corrected chi connectivity index (χ2v) is 5.24. The van der Waals surface area contributed by atoms with E-state index in [4.69, 9.17) is 0 Å². The summed E-state index contributed by atoms with van der Waals surface area (Å²) in [4.78, 5) is 16.4. The molecule has 0 aliphatic carbocycles. The second kappa shape index (κ2) is 5.61. The van der Waals surface area contributed by atoms with Gasteiger partial charge in [0.2, 0.25) is 0 Å². The van der Waals surface area contributed by atoms with E-state index in [2.05, 4.69) is 20.9 Å². The number of benzene rings is 1. The van der Waals surface area contributed by atoms with Gasteiger partial charge >= 0.3 is 0 Å². The van der Waals surface area contributed by atoms with E-state index in [9.17, 15) is 9.18 Å². The van der Waals surface area contributed by atoms with Crippen LogP contribution in [0, 0.1) is 19.7 Å². The molecule has 0 radical (unpaired) electrons. The number of halogens is 2. The molecule has 0 fully saturated rings. The summed E-state index contributed by atoms with van der Waals surface area (Å²) in [6, 6.07) is 8.21. The molecule has 1 aromatic carbocycles. The first kappa shape index (κ1) is 13.9. The highest BCUT2D eigenvalue weighted by atomic mass is 79.9. The molecule has 4 heteroatoms. The van der Waals surface area contributed by atoms with Crippen LogP contribution in [0.25, 0.3) is 0 Å². The van der Waals surface area contributed by atoms with Gasteiger partial charge in [-0.15, -0.1) is 0 Å². The highest BCUT2D eigenvalue weighted by Crippen LogP contribution is 2.22. The van der Waals surface area contributed by atoms with E-state index in [0.29, 0.717) is 15.6 Å². The normalized spacial score (nSPS) is 10.5. The van der Waals surface area contributed by atoms with Crippen LogP contribution in [0.15, 0.2) is 34.8 Å². The van der Waals surface area contributed by atoms with Crippen molar-refractivity contribution in [3.8, 4) is 0 Å². The SMILES string of the molecule is Cc1cc(C(=O)Cc2cccc(F)c2Br)cc(C)n1. The molecule has 0 unspecified atom stereocenters. The van der Waals surface area contributed by atoms with Crippen molar-refractivity contribution in [2.24, 2.45) is 0 Å². The van der Waals surface area contributed by atoms with Crippen LogP contribution < -0.4 is 0 Å². The summed E-state index contributed by atoms with van der Waals surface area (Å²) in [5, 5.41) is 0. The third kappa shape index (κ3) is 3.26. The topological polar surface area (TPSA) is 30.0 Å². The Bertz CT molecular complexity index is 620. The van der Waals surface area contributed by atoms with Crippen LogP contribution in [-0.2, 0) is 6.42 Å². The predicted molar refractivity (Wildman–Crippen MR) is 75.8 cm³/mol. The Labute approximate surface area is 119 Å². The van der Waals surface area contributed by atoms with Gasteiger partial charge < -0.3 is 0 Å². The largest absolute Gasteiger partial charge is 0.294 e. The highest BCUT2D eigenvalue weighted by molar-refractivity contribution is 9.10. The molecule has 2 rings (SSSR count). The maximum absolute atomic E-state index is 13.4. The number of aromatic nitrogens is 1.